The average Bonchev–Trinajstić information content (AvgIpc) is 2.62. The molecular weight excluding hydrogens is 483 g/mol. The Morgan fingerprint density at radius 3 is 2.45 bits per heavy atom. The quantitative estimate of drug-likeness (QED) is 0.261. The number of hydrogen-bond acceptors (Lipinski definition) is 5. The van der Waals surface area contributed by atoms with Crippen molar-refractivity contribution in [2.24, 2.45) is 4.99 Å². The second kappa shape index (κ2) is 10.2. The van der Waals surface area contributed by atoms with Gasteiger partial charge in [0, 0.05) is 32.1 Å². The molecule has 172 valence electrons. The smallest absolute Gasteiger partial charge is 0.410 e. The largest absolute Gasteiger partial charge is 0.532 e. The topological polar surface area (TPSA) is 60.4 Å². The van der Waals surface area contributed by atoms with Crippen LogP contribution >= 0.6 is 15.9 Å². The Labute approximate surface area is 193 Å². The molecule has 0 unspecified atom stereocenters. The van der Waals surface area contributed by atoms with Gasteiger partial charge in [0.2, 0.25) is 8.32 Å². The van der Waals surface area contributed by atoms with Crippen LogP contribution in [0.5, 0.6) is 5.75 Å². The Balaban J connectivity index is 2.07. The number of nitrogens with zero attached hydrogens (tertiary/aromatic N) is 2. The van der Waals surface area contributed by atoms with Crippen molar-refractivity contribution >= 4 is 36.6 Å². The standard InChI is InChI=1S/C22H32BrFN2O4Si/c1-15(30-31(5,6)7)25-14-17-19(9-8-18(23)20(17)24)28-16-10-12-26(13-11-16)21(27)29-22(2,3)4/h8-9,14,16H,1,10-13H2,2-7H3/b25-14+. The molecule has 1 amide bonds. The maximum atomic E-state index is 14.8. The van der Waals surface area contributed by atoms with Crippen LogP contribution < -0.4 is 4.74 Å². The van der Waals surface area contributed by atoms with Gasteiger partial charge in [-0.15, -0.1) is 0 Å². The van der Waals surface area contributed by atoms with Gasteiger partial charge in [0.05, 0.1) is 10.0 Å². The lowest BCUT2D eigenvalue weighted by atomic mass is 10.1. The zero-order chi connectivity index (χ0) is 23.4. The fraction of sp³-hybridized carbons (Fsp3) is 0.545. The second-order valence-corrected chi connectivity index (χ2v) is 14.7. The van der Waals surface area contributed by atoms with Gasteiger partial charge in [-0.2, -0.15) is 0 Å². The molecule has 0 bridgehead atoms. The van der Waals surface area contributed by atoms with E-state index in [9.17, 15) is 9.18 Å². The minimum Gasteiger partial charge on any atom is -0.532 e. The van der Waals surface area contributed by atoms with Crippen molar-refractivity contribution in [3.63, 3.8) is 0 Å². The van der Waals surface area contributed by atoms with Crippen LogP contribution in [0.3, 0.4) is 0 Å². The normalized spacial score (nSPS) is 15.8. The van der Waals surface area contributed by atoms with Gasteiger partial charge >= 0.3 is 6.09 Å². The van der Waals surface area contributed by atoms with Crippen LogP contribution in [0.1, 0.15) is 39.2 Å². The zero-order valence-corrected chi connectivity index (χ0v) is 21.7. The van der Waals surface area contributed by atoms with E-state index >= 15 is 0 Å². The Hall–Kier alpha value is -1.87. The van der Waals surface area contributed by atoms with Gasteiger partial charge in [-0.25, -0.2) is 14.2 Å². The number of halogens is 2. The lowest BCUT2D eigenvalue weighted by Crippen LogP contribution is -2.44. The number of rotatable bonds is 6. The summed E-state index contributed by atoms with van der Waals surface area (Å²) in [6.45, 7) is 16.4. The molecular formula is C22H32BrFN2O4Si. The van der Waals surface area contributed by atoms with Crippen LogP contribution in [-0.2, 0) is 9.16 Å². The van der Waals surface area contributed by atoms with Gasteiger partial charge in [-0.1, -0.05) is 0 Å². The van der Waals surface area contributed by atoms with Gasteiger partial charge in [-0.05, 0) is 75.1 Å². The minimum absolute atomic E-state index is 0.146. The van der Waals surface area contributed by atoms with E-state index in [-0.39, 0.29) is 23.6 Å². The predicted molar refractivity (Wildman–Crippen MR) is 127 cm³/mol. The van der Waals surface area contributed by atoms with Crippen LogP contribution in [0, 0.1) is 5.82 Å². The summed E-state index contributed by atoms with van der Waals surface area (Å²) in [4.78, 5) is 18.1. The molecule has 0 aromatic heterocycles. The highest BCUT2D eigenvalue weighted by atomic mass is 79.9. The monoisotopic (exact) mass is 514 g/mol. The maximum Gasteiger partial charge on any atom is 0.410 e. The Morgan fingerprint density at radius 2 is 1.90 bits per heavy atom. The highest BCUT2D eigenvalue weighted by Gasteiger charge is 2.28. The van der Waals surface area contributed by atoms with Crippen molar-refractivity contribution in [2.45, 2.75) is 65.0 Å². The molecule has 0 atom stereocenters. The number of benzene rings is 1. The zero-order valence-electron chi connectivity index (χ0n) is 19.1. The van der Waals surface area contributed by atoms with Crippen LogP contribution in [0.2, 0.25) is 19.6 Å². The van der Waals surface area contributed by atoms with E-state index in [1.165, 1.54) is 6.21 Å². The van der Waals surface area contributed by atoms with Crippen LogP contribution in [-0.4, -0.2) is 50.3 Å². The summed E-state index contributed by atoms with van der Waals surface area (Å²) in [5, 5.41) is 0. The Morgan fingerprint density at radius 1 is 1.29 bits per heavy atom. The molecule has 0 N–H and O–H groups in total. The Kier molecular flexibility index (Phi) is 8.32. The van der Waals surface area contributed by atoms with E-state index in [4.69, 9.17) is 13.9 Å². The van der Waals surface area contributed by atoms with Crippen molar-refractivity contribution in [3.8, 4) is 5.75 Å². The molecule has 1 aliphatic rings. The molecule has 0 saturated carbocycles. The highest BCUT2D eigenvalue weighted by Crippen LogP contribution is 2.29. The van der Waals surface area contributed by atoms with Crippen molar-refractivity contribution in [1.82, 2.24) is 4.90 Å². The summed E-state index contributed by atoms with van der Waals surface area (Å²) in [6.07, 6.45) is 2.16. The predicted octanol–water partition coefficient (Wildman–Crippen LogP) is 6.11. The summed E-state index contributed by atoms with van der Waals surface area (Å²) < 4.78 is 32.3. The molecule has 1 heterocycles. The molecule has 1 saturated heterocycles. The third-order valence-electron chi connectivity index (χ3n) is 4.24. The molecule has 1 fully saturated rings. The number of piperidine rings is 1. The van der Waals surface area contributed by atoms with Crippen molar-refractivity contribution < 1.29 is 23.1 Å². The third-order valence-corrected chi connectivity index (χ3v) is 5.70. The summed E-state index contributed by atoms with van der Waals surface area (Å²) in [5.41, 5.74) is -0.305. The third kappa shape index (κ3) is 8.29. The fourth-order valence-electron chi connectivity index (χ4n) is 2.95. The summed E-state index contributed by atoms with van der Waals surface area (Å²) in [6, 6.07) is 3.31. The molecule has 0 aliphatic carbocycles. The van der Waals surface area contributed by atoms with Crippen molar-refractivity contribution in [2.75, 3.05) is 13.1 Å². The van der Waals surface area contributed by atoms with Gasteiger partial charge in [0.1, 0.15) is 23.3 Å². The number of carbonyl (C=O) groups is 1. The van der Waals surface area contributed by atoms with Crippen LogP contribution in [0.25, 0.3) is 0 Å². The van der Waals surface area contributed by atoms with Crippen LogP contribution in [0.4, 0.5) is 9.18 Å². The lowest BCUT2D eigenvalue weighted by Gasteiger charge is -2.33. The molecule has 1 aromatic carbocycles. The van der Waals surface area contributed by atoms with E-state index in [1.54, 1.807) is 17.0 Å². The number of likely N-dealkylation sites (tertiary alicyclic amines) is 1. The molecule has 2 rings (SSSR count). The molecule has 0 spiro atoms. The molecule has 31 heavy (non-hydrogen) atoms. The van der Waals surface area contributed by atoms with Gasteiger partial charge in [0.15, 0.2) is 5.88 Å². The van der Waals surface area contributed by atoms with Crippen molar-refractivity contribution in [3.05, 3.63) is 40.4 Å². The number of carbonyl (C=O) groups excluding carboxylic acids is 1. The first-order chi connectivity index (χ1) is 14.2. The van der Waals surface area contributed by atoms with E-state index in [2.05, 4.69) is 27.5 Å². The van der Waals surface area contributed by atoms with Gasteiger partial charge < -0.3 is 18.8 Å². The number of amides is 1. The first kappa shape index (κ1) is 25.4. The number of hydrogen-bond donors (Lipinski definition) is 0. The van der Waals surface area contributed by atoms with E-state index in [0.29, 0.717) is 36.2 Å². The van der Waals surface area contributed by atoms with Gasteiger partial charge in [0.25, 0.3) is 0 Å². The second-order valence-electron chi connectivity index (χ2n) is 9.42. The minimum atomic E-state index is -1.85. The number of ether oxygens (including phenoxy) is 2. The summed E-state index contributed by atoms with van der Waals surface area (Å²) in [7, 11) is -1.85. The SMILES string of the molecule is C=C(/N=C/c1c(OC2CCN(C(=O)OC(C)(C)C)CC2)ccc(Br)c1F)O[Si](C)(C)C. The fourth-order valence-corrected chi connectivity index (χ4v) is 4.06. The molecule has 0 radical (unpaired) electrons. The number of aliphatic imine (C=N–C) groups is 1. The molecule has 6 nitrogen and oxygen atoms in total. The first-order valence-electron chi connectivity index (χ1n) is 10.3. The van der Waals surface area contributed by atoms with Gasteiger partial charge in [-0.3, -0.25) is 0 Å². The van der Waals surface area contributed by atoms with Crippen molar-refractivity contribution in [1.29, 1.82) is 0 Å². The van der Waals surface area contributed by atoms with Crippen LogP contribution in [0.15, 0.2) is 34.1 Å². The summed E-state index contributed by atoms with van der Waals surface area (Å²) >= 11 is 3.21. The molecule has 1 aromatic rings. The molecule has 1 aliphatic heterocycles. The Bertz CT molecular complexity index is 841. The van der Waals surface area contributed by atoms with E-state index in [1.807, 2.05) is 40.4 Å². The average molecular weight is 515 g/mol. The summed E-state index contributed by atoms with van der Waals surface area (Å²) in [5.74, 6) is 0.171. The van der Waals surface area contributed by atoms with E-state index < -0.39 is 19.7 Å². The first-order valence-corrected chi connectivity index (χ1v) is 14.5. The molecule has 9 heteroatoms. The lowest BCUT2D eigenvalue weighted by molar-refractivity contribution is 0.0126. The highest BCUT2D eigenvalue weighted by molar-refractivity contribution is 9.10. The van der Waals surface area contributed by atoms with E-state index in [0.717, 1.165) is 0 Å². The maximum absolute atomic E-state index is 14.8.